The van der Waals surface area contributed by atoms with E-state index in [9.17, 15) is 4.39 Å². The molecule has 18 heavy (non-hydrogen) atoms. The number of nitrogens with two attached hydrogens (primary N) is 1. The standard InChI is InChI=1S/C13H17FN2O2/c1-9-3-2-4-10(12(9)14)18-8-13(5-6-13)7-11(15)16-17/h2-4,17H,5-8H2,1H3,(H2,15,16). The summed E-state index contributed by atoms with van der Waals surface area (Å²) in [5, 5.41) is 11.5. The van der Waals surface area contributed by atoms with E-state index >= 15 is 0 Å². The molecule has 98 valence electrons. The van der Waals surface area contributed by atoms with Crippen molar-refractivity contribution in [3.05, 3.63) is 29.6 Å². The monoisotopic (exact) mass is 252 g/mol. The van der Waals surface area contributed by atoms with Gasteiger partial charge in [0.2, 0.25) is 0 Å². The Balaban J connectivity index is 1.98. The quantitative estimate of drug-likeness (QED) is 0.366. The van der Waals surface area contributed by atoms with Crippen molar-refractivity contribution in [1.82, 2.24) is 0 Å². The Morgan fingerprint density at radius 3 is 2.89 bits per heavy atom. The number of ether oxygens (including phenoxy) is 1. The summed E-state index contributed by atoms with van der Waals surface area (Å²) in [5.41, 5.74) is 5.97. The first-order valence-corrected chi connectivity index (χ1v) is 5.91. The maximum atomic E-state index is 13.7. The Labute approximate surface area is 105 Å². The number of benzene rings is 1. The molecule has 0 saturated heterocycles. The molecule has 0 spiro atoms. The number of hydrogen-bond donors (Lipinski definition) is 2. The Morgan fingerprint density at radius 2 is 2.28 bits per heavy atom. The third-order valence-electron chi connectivity index (χ3n) is 3.33. The van der Waals surface area contributed by atoms with E-state index in [2.05, 4.69) is 5.16 Å². The van der Waals surface area contributed by atoms with Gasteiger partial charge in [-0.05, 0) is 31.4 Å². The third-order valence-corrected chi connectivity index (χ3v) is 3.33. The van der Waals surface area contributed by atoms with Gasteiger partial charge in [0.25, 0.3) is 0 Å². The molecule has 1 aromatic carbocycles. The average Bonchev–Trinajstić information content (AvgIpc) is 3.11. The number of halogens is 1. The smallest absolute Gasteiger partial charge is 0.167 e. The summed E-state index contributed by atoms with van der Waals surface area (Å²) in [6, 6.07) is 5.07. The van der Waals surface area contributed by atoms with Crippen LogP contribution in [0.5, 0.6) is 5.75 Å². The van der Waals surface area contributed by atoms with Crippen LogP contribution in [-0.2, 0) is 0 Å². The lowest BCUT2D eigenvalue weighted by atomic mass is 10.0. The summed E-state index contributed by atoms with van der Waals surface area (Å²) in [5.74, 6) is 0.138. The molecule has 5 heteroatoms. The minimum absolute atomic E-state index is 0.0908. The molecule has 1 saturated carbocycles. The Bertz CT molecular complexity index is 470. The minimum atomic E-state index is -0.322. The van der Waals surface area contributed by atoms with Crippen molar-refractivity contribution in [2.75, 3.05) is 6.61 Å². The highest BCUT2D eigenvalue weighted by molar-refractivity contribution is 5.80. The fourth-order valence-electron chi connectivity index (χ4n) is 1.93. The molecule has 0 aliphatic heterocycles. The van der Waals surface area contributed by atoms with Gasteiger partial charge in [-0.3, -0.25) is 0 Å². The van der Waals surface area contributed by atoms with E-state index < -0.39 is 0 Å². The second-order valence-corrected chi connectivity index (χ2v) is 4.94. The maximum absolute atomic E-state index is 13.7. The third kappa shape index (κ3) is 2.72. The van der Waals surface area contributed by atoms with Gasteiger partial charge in [-0.15, -0.1) is 0 Å². The van der Waals surface area contributed by atoms with Crippen LogP contribution in [0.1, 0.15) is 24.8 Å². The summed E-state index contributed by atoms with van der Waals surface area (Å²) < 4.78 is 19.2. The molecule has 0 radical (unpaired) electrons. The van der Waals surface area contributed by atoms with Crippen LogP contribution >= 0.6 is 0 Å². The summed E-state index contributed by atoms with van der Waals surface area (Å²) in [6.45, 7) is 2.09. The van der Waals surface area contributed by atoms with Gasteiger partial charge in [-0.1, -0.05) is 17.3 Å². The SMILES string of the molecule is Cc1cccc(OCC2(C/C(N)=N/O)CC2)c1F. The van der Waals surface area contributed by atoms with Crippen molar-refractivity contribution in [2.24, 2.45) is 16.3 Å². The number of rotatable bonds is 5. The molecule has 1 aliphatic carbocycles. The zero-order valence-electron chi connectivity index (χ0n) is 10.3. The molecule has 1 aliphatic rings. The molecule has 4 nitrogen and oxygen atoms in total. The molecule has 0 heterocycles. The first-order chi connectivity index (χ1) is 8.56. The van der Waals surface area contributed by atoms with E-state index in [1.54, 1.807) is 25.1 Å². The molecule has 1 fully saturated rings. The van der Waals surface area contributed by atoms with Gasteiger partial charge >= 0.3 is 0 Å². The molecule has 0 amide bonds. The molecular formula is C13H17FN2O2. The number of nitrogens with zero attached hydrogens (tertiary/aromatic N) is 1. The summed E-state index contributed by atoms with van der Waals surface area (Å²) in [7, 11) is 0. The first-order valence-electron chi connectivity index (χ1n) is 5.91. The molecule has 0 aromatic heterocycles. The van der Waals surface area contributed by atoms with E-state index in [-0.39, 0.29) is 22.8 Å². The molecule has 0 atom stereocenters. The second kappa shape index (κ2) is 4.84. The van der Waals surface area contributed by atoms with Crippen LogP contribution in [0.4, 0.5) is 4.39 Å². The van der Waals surface area contributed by atoms with Crippen molar-refractivity contribution in [1.29, 1.82) is 0 Å². The normalized spacial score (nSPS) is 17.6. The highest BCUT2D eigenvalue weighted by atomic mass is 19.1. The maximum Gasteiger partial charge on any atom is 0.167 e. The van der Waals surface area contributed by atoms with Crippen LogP contribution in [0.2, 0.25) is 0 Å². The number of aryl methyl sites for hydroxylation is 1. The molecule has 3 N–H and O–H groups in total. The van der Waals surface area contributed by atoms with Crippen LogP contribution in [0.3, 0.4) is 0 Å². The largest absolute Gasteiger partial charge is 0.490 e. The van der Waals surface area contributed by atoms with E-state index in [4.69, 9.17) is 15.7 Å². The Hall–Kier alpha value is -1.78. The van der Waals surface area contributed by atoms with E-state index in [1.807, 2.05) is 0 Å². The lowest BCUT2D eigenvalue weighted by Gasteiger charge is -2.16. The van der Waals surface area contributed by atoms with Crippen molar-refractivity contribution >= 4 is 5.84 Å². The molecule has 0 bridgehead atoms. The molecular weight excluding hydrogens is 235 g/mol. The summed E-state index contributed by atoms with van der Waals surface area (Å²) >= 11 is 0. The fraction of sp³-hybridized carbons (Fsp3) is 0.462. The Morgan fingerprint density at radius 1 is 1.56 bits per heavy atom. The van der Waals surface area contributed by atoms with Crippen LogP contribution in [0.25, 0.3) is 0 Å². The highest BCUT2D eigenvalue weighted by Crippen LogP contribution is 2.49. The van der Waals surface area contributed by atoms with Gasteiger partial charge in [0.1, 0.15) is 5.84 Å². The summed E-state index contributed by atoms with van der Waals surface area (Å²) in [4.78, 5) is 0. The van der Waals surface area contributed by atoms with Crippen molar-refractivity contribution < 1.29 is 14.3 Å². The fourth-order valence-corrected chi connectivity index (χ4v) is 1.93. The number of amidine groups is 1. The number of hydrogen-bond acceptors (Lipinski definition) is 3. The minimum Gasteiger partial charge on any atom is -0.490 e. The van der Waals surface area contributed by atoms with E-state index in [1.165, 1.54) is 0 Å². The van der Waals surface area contributed by atoms with E-state index in [0.29, 0.717) is 18.6 Å². The van der Waals surface area contributed by atoms with Gasteiger partial charge < -0.3 is 15.7 Å². The number of oxime groups is 1. The zero-order chi connectivity index (χ0) is 13.2. The second-order valence-electron chi connectivity index (χ2n) is 4.94. The topological polar surface area (TPSA) is 67.8 Å². The Kier molecular flexibility index (Phi) is 3.41. The van der Waals surface area contributed by atoms with Gasteiger partial charge in [0.05, 0.1) is 6.61 Å². The van der Waals surface area contributed by atoms with Gasteiger partial charge in [0, 0.05) is 11.8 Å². The zero-order valence-corrected chi connectivity index (χ0v) is 10.3. The van der Waals surface area contributed by atoms with Crippen LogP contribution in [0.15, 0.2) is 23.4 Å². The van der Waals surface area contributed by atoms with Crippen molar-refractivity contribution in [2.45, 2.75) is 26.2 Å². The predicted octanol–water partition coefficient (Wildman–Crippen LogP) is 2.43. The lowest BCUT2D eigenvalue weighted by Crippen LogP contribution is -2.22. The van der Waals surface area contributed by atoms with E-state index in [0.717, 1.165) is 12.8 Å². The van der Waals surface area contributed by atoms with Crippen LogP contribution in [-0.4, -0.2) is 17.6 Å². The van der Waals surface area contributed by atoms with Crippen LogP contribution < -0.4 is 10.5 Å². The van der Waals surface area contributed by atoms with Crippen molar-refractivity contribution in [3.63, 3.8) is 0 Å². The van der Waals surface area contributed by atoms with Gasteiger partial charge in [0.15, 0.2) is 11.6 Å². The average molecular weight is 252 g/mol. The summed E-state index contributed by atoms with van der Waals surface area (Å²) in [6.07, 6.45) is 2.39. The first kappa shape index (κ1) is 12.7. The van der Waals surface area contributed by atoms with Gasteiger partial charge in [-0.2, -0.15) is 0 Å². The van der Waals surface area contributed by atoms with Crippen molar-refractivity contribution in [3.8, 4) is 5.75 Å². The van der Waals surface area contributed by atoms with Crippen LogP contribution in [0, 0.1) is 18.2 Å². The molecule has 0 unspecified atom stereocenters. The molecule has 2 rings (SSSR count). The highest BCUT2D eigenvalue weighted by Gasteiger charge is 2.44. The van der Waals surface area contributed by atoms with Gasteiger partial charge in [-0.25, -0.2) is 4.39 Å². The molecule has 1 aromatic rings. The predicted molar refractivity (Wildman–Crippen MR) is 66.3 cm³/mol. The lowest BCUT2D eigenvalue weighted by molar-refractivity contribution is 0.227.